The van der Waals surface area contributed by atoms with Gasteiger partial charge in [0.2, 0.25) is 0 Å². The molecule has 1 saturated heterocycles. The number of hydrogen-bond acceptors (Lipinski definition) is 3. The number of hydrogen-bond donors (Lipinski definition) is 0. The van der Waals surface area contributed by atoms with Crippen molar-refractivity contribution in [1.82, 2.24) is 4.90 Å². The van der Waals surface area contributed by atoms with Crippen molar-refractivity contribution in [3.05, 3.63) is 38.7 Å². The molecule has 17 heavy (non-hydrogen) atoms. The Hall–Kier alpha value is -0.550. The van der Waals surface area contributed by atoms with Crippen molar-refractivity contribution in [2.75, 3.05) is 7.05 Å². The van der Waals surface area contributed by atoms with E-state index in [1.807, 2.05) is 0 Å². The summed E-state index contributed by atoms with van der Waals surface area (Å²) in [6.45, 7) is 0. The van der Waals surface area contributed by atoms with Crippen LogP contribution in [0.15, 0.2) is 23.1 Å². The lowest BCUT2D eigenvalue weighted by Crippen LogP contribution is -2.22. The summed E-state index contributed by atoms with van der Waals surface area (Å²) in [5, 5.41) is 0.958. The Morgan fingerprint density at radius 3 is 2.59 bits per heavy atom. The summed E-state index contributed by atoms with van der Waals surface area (Å²) >= 11 is 18.0. The zero-order valence-corrected chi connectivity index (χ0v) is 11.9. The molecule has 1 aliphatic heterocycles. The van der Waals surface area contributed by atoms with Gasteiger partial charge in [0.25, 0.3) is 5.91 Å². The molecule has 1 aliphatic rings. The number of thiocarbonyl (C=S) groups is 1. The van der Waals surface area contributed by atoms with Crippen LogP contribution in [0.3, 0.4) is 0 Å². The van der Waals surface area contributed by atoms with Crippen LogP contribution < -0.4 is 0 Å². The van der Waals surface area contributed by atoms with Crippen LogP contribution in [0.25, 0.3) is 6.08 Å². The molecule has 0 aliphatic carbocycles. The van der Waals surface area contributed by atoms with Crippen molar-refractivity contribution in [3.8, 4) is 0 Å². The predicted molar refractivity (Wildman–Crippen MR) is 77.4 cm³/mol. The van der Waals surface area contributed by atoms with Crippen LogP contribution in [0.4, 0.5) is 0 Å². The second kappa shape index (κ2) is 4.98. The topological polar surface area (TPSA) is 20.3 Å². The van der Waals surface area contributed by atoms with Gasteiger partial charge in [0, 0.05) is 7.05 Å². The Morgan fingerprint density at radius 1 is 1.35 bits per heavy atom. The minimum Gasteiger partial charge on any atom is -0.296 e. The van der Waals surface area contributed by atoms with Crippen LogP contribution in [-0.4, -0.2) is 22.2 Å². The summed E-state index contributed by atoms with van der Waals surface area (Å²) in [5.41, 5.74) is 0.827. The molecular weight excluding hydrogens is 297 g/mol. The van der Waals surface area contributed by atoms with Gasteiger partial charge < -0.3 is 0 Å². The molecule has 1 fully saturated rings. The van der Waals surface area contributed by atoms with Gasteiger partial charge in [0.15, 0.2) is 0 Å². The van der Waals surface area contributed by atoms with Crippen molar-refractivity contribution >= 4 is 63.5 Å². The van der Waals surface area contributed by atoms with Gasteiger partial charge in [-0.15, -0.1) is 0 Å². The maximum absolute atomic E-state index is 11.8. The van der Waals surface area contributed by atoms with Gasteiger partial charge in [-0.1, -0.05) is 53.2 Å². The van der Waals surface area contributed by atoms with E-state index in [2.05, 4.69) is 0 Å². The Bertz CT molecular complexity index is 542. The average molecular weight is 304 g/mol. The Morgan fingerprint density at radius 2 is 2.06 bits per heavy atom. The smallest absolute Gasteiger partial charge is 0.265 e. The molecule has 2 nitrogen and oxygen atoms in total. The van der Waals surface area contributed by atoms with Crippen molar-refractivity contribution < 1.29 is 4.79 Å². The van der Waals surface area contributed by atoms with E-state index in [1.54, 1.807) is 31.3 Å². The molecule has 0 bridgehead atoms. The fourth-order valence-corrected chi connectivity index (χ4v) is 2.79. The third-order valence-corrected chi connectivity index (χ3v) is 4.45. The molecule has 1 aromatic carbocycles. The Balaban J connectivity index is 2.34. The van der Waals surface area contributed by atoms with Crippen LogP contribution in [0.2, 0.25) is 10.0 Å². The molecule has 88 valence electrons. The first-order valence-corrected chi connectivity index (χ1v) is 6.63. The number of carbonyl (C=O) groups is 1. The third kappa shape index (κ3) is 2.65. The number of benzene rings is 1. The zero-order valence-electron chi connectivity index (χ0n) is 8.74. The van der Waals surface area contributed by atoms with Crippen molar-refractivity contribution in [2.45, 2.75) is 0 Å². The fraction of sp³-hybridized carbons (Fsp3) is 0.0909. The van der Waals surface area contributed by atoms with Crippen molar-refractivity contribution in [2.24, 2.45) is 0 Å². The number of halogens is 2. The molecule has 0 saturated carbocycles. The molecule has 0 unspecified atom stereocenters. The summed E-state index contributed by atoms with van der Waals surface area (Å²) < 4.78 is 0.557. The van der Waals surface area contributed by atoms with Crippen LogP contribution in [0.5, 0.6) is 0 Å². The standard InChI is InChI=1S/C11H7Cl2NOS2/c1-14-10(15)9(17-11(14)16)5-6-2-3-7(12)8(13)4-6/h2-5H,1H3. The van der Waals surface area contributed by atoms with E-state index in [0.717, 1.165) is 5.56 Å². The summed E-state index contributed by atoms with van der Waals surface area (Å²) in [7, 11) is 1.66. The van der Waals surface area contributed by atoms with Gasteiger partial charge in [-0.05, 0) is 23.8 Å². The van der Waals surface area contributed by atoms with Gasteiger partial charge in [-0.2, -0.15) is 0 Å². The number of nitrogens with zero attached hydrogens (tertiary/aromatic N) is 1. The Labute approximate surface area is 119 Å². The van der Waals surface area contributed by atoms with E-state index in [1.165, 1.54) is 16.7 Å². The molecule has 0 atom stereocenters. The van der Waals surface area contributed by atoms with Crippen molar-refractivity contribution in [1.29, 1.82) is 0 Å². The monoisotopic (exact) mass is 303 g/mol. The molecule has 1 amide bonds. The molecule has 0 spiro atoms. The predicted octanol–water partition coefficient (Wildman–Crippen LogP) is 3.82. The summed E-state index contributed by atoms with van der Waals surface area (Å²) in [6.07, 6.45) is 1.75. The number of thioether (sulfide) groups is 1. The molecular formula is C11H7Cl2NOS2. The minimum absolute atomic E-state index is 0.0916. The molecule has 2 rings (SSSR count). The maximum Gasteiger partial charge on any atom is 0.265 e. The second-order valence-electron chi connectivity index (χ2n) is 3.41. The normalized spacial score (nSPS) is 18.3. The quantitative estimate of drug-likeness (QED) is 0.581. The fourth-order valence-electron chi connectivity index (χ4n) is 1.30. The number of carbonyl (C=O) groups excluding carboxylic acids is 1. The first kappa shape index (κ1) is 12.9. The van der Waals surface area contributed by atoms with Crippen LogP contribution in [0, 0.1) is 0 Å². The highest BCUT2D eigenvalue weighted by molar-refractivity contribution is 8.26. The van der Waals surface area contributed by atoms with Gasteiger partial charge in [-0.25, -0.2) is 0 Å². The molecule has 0 radical (unpaired) electrons. The van der Waals surface area contributed by atoms with Gasteiger partial charge >= 0.3 is 0 Å². The number of amides is 1. The SMILES string of the molecule is CN1C(=O)C(=Cc2ccc(Cl)c(Cl)c2)SC1=S. The van der Waals surface area contributed by atoms with Crippen LogP contribution in [-0.2, 0) is 4.79 Å². The Kier molecular flexibility index (Phi) is 3.78. The largest absolute Gasteiger partial charge is 0.296 e. The highest BCUT2D eigenvalue weighted by atomic mass is 35.5. The second-order valence-corrected chi connectivity index (χ2v) is 5.90. The summed E-state index contributed by atoms with van der Waals surface area (Å²) in [6, 6.07) is 5.21. The first-order chi connectivity index (χ1) is 7.99. The zero-order chi connectivity index (χ0) is 12.6. The van der Waals surface area contributed by atoms with E-state index in [9.17, 15) is 4.79 Å². The molecule has 1 heterocycles. The lowest BCUT2D eigenvalue weighted by Gasteiger charge is -2.03. The van der Waals surface area contributed by atoms with Gasteiger partial charge in [0.1, 0.15) is 4.32 Å². The highest BCUT2D eigenvalue weighted by Crippen LogP contribution is 2.32. The van der Waals surface area contributed by atoms with E-state index in [4.69, 9.17) is 35.4 Å². The van der Waals surface area contributed by atoms with Crippen LogP contribution in [0.1, 0.15) is 5.56 Å². The van der Waals surface area contributed by atoms with Gasteiger partial charge in [0.05, 0.1) is 15.0 Å². The molecule has 1 aromatic rings. The average Bonchev–Trinajstić information content (AvgIpc) is 2.52. The minimum atomic E-state index is -0.0916. The number of rotatable bonds is 1. The van der Waals surface area contributed by atoms with Crippen LogP contribution >= 0.6 is 47.2 Å². The summed E-state index contributed by atoms with van der Waals surface area (Å²) in [5.74, 6) is -0.0916. The molecule has 0 N–H and O–H groups in total. The molecule has 6 heteroatoms. The van der Waals surface area contributed by atoms with Crippen molar-refractivity contribution in [3.63, 3.8) is 0 Å². The van der Waals surface area contributed by atoms with E-state index < -0.39 is 0 Å². The lowest BCUT2D eigenvalue weighted by molar-refractivity contribution is -0.121. The number of likely N-dealkylation sites (N-methyl/N-ethyl adjacent to an activating group) is 1. The van der Waals surface area contributed by atoms with E-state index in [0.29, 0.717) is 19.3 Å². The summed E-state index contributed by atoms with van der Waals surface area (Å²) in [4.78, 5) is 13.8. The first-order valence-electron chi connectivity index (χ1n) is 4.65. The van der Waals surface area contributed by atoms with E-state index in [-0.39, 0.29) is 5.91 Å². The maximum atomic E-state index is 11.8. The third-order valence-electron chi connectivity index (χ3n) is 2.23. The lowest BCUT2D eigenvalue weighted by atomic mass is 10.2. The molecule has 0 aromatic heterocycles. The van der Waals surface area contributed by atoms with Gasteiger partial charge in [-0.3, -0.25) is 9.69 Å². The van der Waals surface area contributed by atoms with E-state index >= 15 is 0 Å². The highest BCUT2D eigenvalue weighted by Gasteiger charge is 2.28.